The van der Waals surface area contributed by atoms with E-state index in [2.05, 4.69) is 40.7 Å². The van der Waals surface area contributed by atoms with Crippen LogP contribution >= 0.6 is 11.6 Å². The van der Waals surface area contributed by atoms with Crippen LogP contribution in [0.4, 0.5) is 0 Å². The smallest absolute Gasteiger partial charge is 0.258 e. The number of carbonyl (C=O) groups excluding carboxylic acids is 1. The van der Waals surface area contributed by atoms with Crippen LogP contribution in [0.15, 0.2) is 47.1 Å². The molecule has 0 saturated heterocycles. The molecule has 0 radical (unpaired) electrons. The molecule has 0 fully saturated rings. The first-order valence-corrected chi connectivity index (χ1v) is 11.2. The highest BCUT2D eigenvalue weighted by Crippen LogP contribution is 2.32. The zero-order valence-corrected chi connectivity index (χ0v) is 19.1. The Bertz CT molecular complexity index is 1410. The van der Waals surface area contributed by atoms with E-state index in [1.54, 1.807) is 0 Å². The number of carbonyl (C=O) groups is 1. The average molecular weight is 460 g/mol. The number of hydrogen-bond acceptors (Lipinski definition) is 6. The van der Waals surface area contributed by atoms with Gasteiger partial charge in [-0.1, -0.05) is 23.4 Å². The van der Waals surface area contributed by atoms with Crippen LogP contribution in [0.1, 0.15) is 36.6 Å². The molecule has 0 atom stereocenters. The van der Waals surface area contributed by atoms with Gasteiger partial charge in [0.25, 0.3) is 5.89 Å². The van der Waals surface area contributed by atoms with Crippen molar-refractivity contribution in [1.82, 2.24) is 19.6 Å². The summed E-state index contributed by atoms with van der Waals surface area (Å²) in [5, 5.41) is 14.4. The van der Waals surface area contributed by atoms with E-state index in [1.165, 1.54) is 5.56 Å². The molecule has 0 amide bonds. The summed E-state index contributed by atoms with van der Waals surface area (Å²) in [6.45, 7) is 5.82. The van der Waals surface area contributed by atoms with Gasteiger partial charge in [0.05, 0.1) is 12.1 Å². The Morgan fingerprint density at radius 2 is 2.15 bits per heavy atom. The van der Waals surface area contributed by atoms with Gasteiger partial charge in [-0.25, -0.2) is 0 Å². The summed E-state index contributed by atoms with van der Waals surface area (Å²) >= 11 is 5.57. The maximum Gasteiger partial charge on any atom is 0.258 e. The summed E-state index contributed by atoms with van der Waals surface area (Å²) in [7, 11) is 0. The first kappa shape index (κ1) is 21.4. The van der Waals surface area contributed by atoms with Gasteiger partial charge in [-0.15, -0.1) is 0 Å². The summed E-state index contributed by atoms with van der Waals surface area (Å²) < 4.78 is 7.71. The normalized spacial score (nSPS) is 13.9. The molecule has 1 aliphatic rings. The van der Waals surface area contributed by atoms with E-state index in [0.29, 0.717) is 23.8 Å². The predicted octanol–water partition coefficient (Wildman–Crippen LogP) is 4.93. The summed E-state index contributed by atoms with van der Waals surface area (Å²) in [4.78, 5) is 18.0. The highest BCUT2D eigenvalue weighted by Gasteiger charge is 2.23. The Labute approximate surface area is 196 Å². The summed E-state index contributed by atoms with van der Waals surface area (Å²) in [6, 6.07) is 14.4. The molecule has 5 rings (SSSR count). The van der Waals surface area contributed by atoms with E-state index >= 15 is 0 Å². The SMILES string of the molecule is CC(C)n1cc(C#N)c2cc(-c3nc(-c4cccc5c4CCN(CC(=O)Cl)C5)no3)ccc21. The van der Waals surface area contributed by atoms with Crippen LogP contribution in [0.2, 0.25) is 0 Å². The van der Waals surface area contributed by atoms with Gasteiger partial charge in [0.1, 0.15) is 6.07 Å². The second-order valence-electron chi connectivity index (χ2n) is 8.57. The molecule has 0 N–H and O–H groups in total. The van der Waals surface area contributed by atoms with Crippen LogP contribution in [-0.4, -0.2) is 37.9 Å². The van der Waals surface area contributed by atoms with Crippen LogP contribution in [0, 0.1) is 11.3 Å². The second kappa shape index (κ2) is 8.47. The molecule has 33 heavy (non-hydrogen) atoms. The van der Waals surface area contributed by atoms with Gasteiger partial charge in [-0.2, -0.15) is 10.2 Å². The van der Waals surface area contributed by atoms with E-state index in [0.717, 1.165) is 40.6 Å². The standard InChI is InChI=1S/C25H22ClN5O2/c1-15(2)31-13-18(11-27)21-10-16(6-7-22(21)31)25-28-24(29-33-25)20-5-3-4-17-12-30(14-23(26)32)9-8-19(17)20/h3-7,10,13,15H,8-9,12,14H2,1-2H3. The molecule has 0 aliphatic carbocycles. The summed E-state index contributed by atoms with van der Waals surface area (Å²) in [5.74, 6) is 0.944. The molecule has 8 heteroatoms. The maximum atomic E-state index is 11.3. The van der Waals surface area contributed by atoms with Crippen LogP contribution in [0.3, 0.4) is 0 Å². The molecule has 2 aromatic heterocycles. The lowest BCUT2D eigenvalue weighted by molar-refractivity contribution is -0.112. The van der Waals surface area contributed by atoms with Gasteiger partial charge < -0.3 is 9.09 Å². The third-order valence-electron chi connectivity index (χ3n) is 6.12. The molecule has 0 unspecified atom stereocenters. The lowest BCUT2D eigenvalue weighted by Crippen LogP contribution is -2.33. The summed E-state index contributed by atoms with van der Waals surface area (Å²) in [6.07, 6.45) is 2.66. The van der Waals surface area contributed by atoms with Gasteiger partial charge in [-0.05, 0) is 61.2 Å². The topological polar surface area (TPSA) is 88.0 Å². The van der Waals surface area contributed by atoms with Crippen molar-refractivity contribution < 1.29 is 9.32 Å². The highest BCUT2D eigenvalue weighted by molar-refractivity contribution is 6.64. The molecule has 0 spiro atoms. The predicted molar refractivity (Wildman–Crippen MR) is 126 cm³/mol. The van der Waals surface area contributed by atoms with E-state index < -0.39 is 0 Å². The van der Waals surface area contributed by atoms with Gasteiger partial charge in [-0.3, -0.25) is 9.69 Å². The second-order valence-corrected chi connectivity index (χ2v) is 8.99. The number of fused-ring (bicyclic) bond motifs is 2. The van der Waals surface area contributed by atoms with Gasteiger partial charge in [0.2, 0.25) is 11.1 Å². The Kier molecular flexibility index (Phi) is 5.49. The minimum absolute atomic E-state index is 0.239. The molecule has 0 bridgehead atoms. The largest absolute Gasteiger partial charge is 0.344 e. The van der Waals surface area contributed by atoms with Crippen molar-refractivity contribution >= 4 is 27.7 Å². The van der Waals surface area contributed by atoms with E-state index in [1.807, 2.05) is 41.4 Å². The fourth-order valence-electron chi connectivity index (χ4n) is 4.54. The molecule has 7 nitrogen and oxygen atoms in total. The van der Waals surface area contributed by atoms with E-state index in [-0.39, 0.29) is 17.8 Å². The van der Waals surface area contributed by atoms with Crippen molar-refractivity contribution in [2.45, 2.75) is 32.9 Å². The highest BCUT2D eigenvalue weighted by atomic mass is 35.5. The first-order valence-electron chi connectivity index (χ1n) is 10.8. The Balaban J connectivity index is 1.49. The van der Waals surface area contributed by atoms with Crippen LogP contribution in [0.5, 0.6) is 0 Å². The van der Waals surface area contributed by atoms with Gasteiger partial charge in [0, 0.05) is 47.4 Å². The maximum absolute atomic E-state index is 11.3. The molecule has 2 aromatic carbocycles. The van der Waals surface area contributed by atoms with Crippen LogP contribution < -0.4 is 0 Å². The average Bonchev–Trinajstić information content (AvgIpc) is 3.43. The van der Waals surface area contributed by atoms with Gasteiger partial charge in [0.15, 0.2) is 0 Å². The lowest BCUT2D eigenvalue weighted by atomic mass is 9.94. The van der Waals surface area contributed by atoms with Crippen molar-refractivity contribution in [3.8, 4) is 28.9 Å². The molecule has 4 aromatic rings. The quantitative estimate of drug-likeness (QED) is 0.393. The minimum Gasteiger partial charge on any atom is -0.344 e. The summed E-state index contributed by atoms with van der Waals surface area (Å²) in [5.41, 5.74) is 5.64. The van der Waals surface area contributed by atoms with Crippen LogP contribution in [0.25, 0.3) is 33.7 Å². The number of hydrogen-bond donors (Lipinski definition) is 0. The Hall–Kier alpha value is -3.47. The number of benzene rings is 2. The minimum atomic E-state index is -0.349. The fourth-order valence-corrected chi connectivity index (χ4v) is 4.71. The number of rotatable bonds is 5. The van der Waals surface area contributed by atoms with Crippen molar-refractivity contribution in [3.05, 3.63) is 59.3 Å². The monoisotopic (exact) mass is 459 g/mol. The number of nitriles is 1. The fraction of sp³-hybridized carbons (Fsp3) is 0.280. The third kappa shape index (κ3) is 3.92. The number of halogens is 1. The van der Waals surface area contributed by atoms with Gasteiger partial charge >= 0.3 is 0 Å². The van der Waals surface area contributed by atoms with Crippen LogP contribution in [-0.2, 0) is 17.8 Å². The third-order valence-corrected chi connectivity index (χ3v) is 6.24. The molecular formula is C25H22ClN5O2. The first-order chi connectivity index (χ1) is 15.9. The van der Waals surface area contributed by atoms with E-state index in [4.69, 9.17) is 16.1 Å². The molecule has 166 valence electrons. The Morgan fingerprint density at radius 1 is 1.30 bits per heavy atom. The van der Waals surface area contributed by atoms with Crippen molar-refractivity contribution in [2.75, 3.05) is 13.1 Å². The number of aromatic nitrogens is 3. The Morgan fingerprint density at radius 3 is 2.91 bits per heavy atom. The van der Waals surface area contributed by atoms with Crippen molar-refractivity contribution in [3.63, 3.8) is 0 Å². The zero-order chi connectivity index (χ0) is 23.1. The lowest BCUT2D eigenvalue weighted by Gasteiger charge is -2.28. The zero-order valence-electron chi connectivity index (χ0n) is 18.4. The molecule has 0 saturated carbocycles. The van der Waals surface area contributed by atoms with Crippen molar-refractivity contribution in [2.24, 2.45) is 0 Å². The van der Waals surface area contributed by atoms with Crippen molar-refractivity contribution in [1.29, 1.82) is 5.26 Å². The molecule has 3 heterocycles. The van der Waals surface area contributed by atoms with E-state index in [9.17, 15) is 10.1 Å². The molecule has 1 aliphatic heterocycles. The molecular weight excluding hydrogens is 438 g/mol. The number of nitrogens with zero attached hydrogens (tertiary/aromatic N) is 5.